The van der Waals surface area contributed by atoms with E-state index < -0.39 is 12.1 Å². The van der Waals surface area contributed by atoms with Gasteiger partial charge in [-0.05, 0) is 68.4 Å². The number of nitrogens with zero attached hydrogens (tertiary/aromatic N) is 1. The van der Waals surface area contributed by atoms with Crippen molar-refractivity contribution < 1.29 is 37.3 Å². The van der Waals surface area contributed by atoms with Gasteiger partial charge in [0, 0.05) is 23.2 Å². The highest BCUT2D eigenvalue weighted by Crippen LogP contribution is 2.55. The van der Waals surface area contributed by atoms with Crippen molar-refractivity contribution in [3.05, 3.63) is 54.7 Å². The van der Waals surface area contributed by atoms with Crippen LogP contribution in [0.4, 0.5) is 13.2 Å². The van der Waals surface area contributed by atoms with Gasteiger partial charge in [0.05, 0.1) is 6.20 Å². The molecule has 0 radical (unpaired) electrons. The summed E-state index contributed by atoms with van der Waals surface area (Å²) in [6.45, 7) is 0. The van der Waals surface area contributed by atoms with E-state index in [1.807, 2.05) is 47.3 Å². The van der Waals surface area contributed by atoms with Crippen LogP contribution in [0.25, 0.3) is 16.8 Å². The Hall–Kier alpha value is -3.43. The number of rotatable bonds is 3. The number of carboxylic acid groups (broad SMARTS) is 1. The number of aliphatic carboxylic acids is 1. The van der Waals surface area contributed by atoms with Crippen LogP contribution in [0.5, 0.6) is 0 Å². The fourth-order valence-corrected chi connectivity index (χ4v) is 6.59. The third-order valence-corrected chi connectivity index (χ3v) is 7.47. The lowest BCUT2D eigenvalue weighted by Crippen LogP contribution is -2.60. The van der Waals surface area contributed by atoms with E-state index in [1.54, 1.807) is 0 Å². The summed E-state index contributed by atoms with van der Waals surface area (Å²) in [6, 6.07) is 10.1. The number of carbonyl (C=O) groups is 2. The Morgan fingerprint density at radius 2 is 1.60 bits per heavy atom. The second kappa shape index (κ2) is 8.66. The largest absolute Gasteiger partial charge is 0.542 e. The van der Waals surface area contributed by atoms with E-state index >= 15 is 0 Å². The number of amides is 1. The Bertz CT molecular complexity index is 1220. The van der Waals surface area contributed by atoms with Gasteiger partial charge in [0.2, 0.25) is 0 Å². The number of imidazole rings is 1. The maximum Gasteiger partial charge on any atom is 0.430 e. The smallest absolute Gasteiger partial charge is 0.430 e. The topological polar surface area (TPSA) is 103 Å². The zero-order valence-corrected chi connectivity index (χ0v) is 18.9. The molecule has 3 aromatic rings. The molecular weight excluding hydrogens is 461 g/mol. The van der Waals surface area contributed by atoms with Gasteiger partial charge in [-0.15, -0.1) is 0 Å². The number of hydrogen-bond donors (Lipinski definition) is 2. The molecule has 0 aromatic carbocycles. The van der Waals surface area contributed by atoms with Gasteiger partial charge in [0.25, 0.3) is 0 Å². The van der Waals surface area contributed by atoms with Gasteiger partial charge in [-0.25, -0.2) is 9.97 Å². The normalized spacial score (nSPS) is 26.8. The van der Waals surface area contributed by atoms with Crippen molar-refractivity contribution in [1.29, 1.82) is 0 Å². The number of aromatic nitrogens is 3. The van der Waals surface area contributed by atoms with E-state index in [4.69, 9.17) is 9.90 Å². The van der Waals surface area contributed by atoms with Crippen molar-refractivity contribution in [3.8, 4) is 11.3 Å². The average Bonchev–Trinajstić information content (AvgIpc) is 3.18. The van der Waals surface area contributed by atoms with Crippen LogP contribution in [-0.4, -0.2) is 28.6 Å². The number of aromatic amines is 2. The summed E-state index contributed by atoms with van der Waals surface area (Å²) in [5.74, 6) is 0.0840. The first-order valence-corrected chi connectivity index (χ1v) is 11.7. The van der Waals surface area contributed by atoms with E-state index in [2.05, 4.69) is 21.4 Å². The van der Waals surface area contributed by atoms with Crippen LogP contribution in [0.15, 0.2) is 48.9 Å². The van der Waals surface area contributed by atoms with E-state index in [0.717, 1.165) is 53.8 Å². The third kappa shape index (κ3) is 4.61. The van der Waals surface area contributed by atoms with Crippen molar-refractivity contribution >= 4 is 17.4 Å². The minimum Gasteiger partial charge on any atom is -0.542 e. The van der Waals surface area contributed by atoms with Crippen LogP contribution < -0.4 is 19.8 Å². The number of fused-ring (bicyclic) bond motifs is 1. The summed E-state index contributed by atoms with van der Waals surface area (Å²) in [5, 5.41) is 12.3. The van der Waals surface area contributed by atoms with Crippen molar-refractivity contribution in [1.82, 2.24) is 10.3 Å². The summed E-state index contributed by atoms with van der Waals surface area (Å²) < 4.78 is 33.5. The fourth-order valence-electron chi connectivity index (χ4n) is 6.59. The number of nitrogens with one attached hydrogen (secondary N) is 3. The summed E-state index contributed by atoms with van der Waals surface area (Å²) in [7, 11) is 0. The molecule has 7 nitrogen and oxygen atoms in total. The number of carbonyl (C=O) groups excluding carboxylic acids is 2. The molecule has 184 valence electrons. The zero-order chi connectivity index (χ0) is 24.8. The summed E-state index contributed by atoms with van der Waals surface area (Å²) in [5.41, 5.74) is 3.08. The van der Waals surface area contributed by atoms with Crippen LogP contribution in [0.3, 0.4) is 0 Å². The SMILES string of the molecule is O=C(NC12CC3CC(CC(C3)C1)C2)c1[nH]c(-c2cc[nH+]cc2)c2cccc[n+]12.O=C([O-])C(F)(F)F. The highest BCUT2D eigenvalue weighted by Gasteiger charge is 2.52. The quantitative estimate of drug-likeness (QED) is 0.554. The Morgan fingerprint density at radius 3 is 2.14 bits per heavy atom. The second-order valence-electron chi connectivity index (χ2n) is 10.0. The van der Waals surface area contributed by atoms with E-state index in [0.29, 0.717) is 5.82 Å². The standard InChI is InChI=1S/C23H24N4O.C2HF3O2/c28-22(26-23-12-15-9-16(13-23)11-17(10-15)14-23)21-25-20(18-4-6-24-7-5-18)19-3-1-2-8-27(19)21;3-2(4,5)1(6)7/h1-8,15-17H,9-14H2,(H,26,28);(H,6,7)/p+1. The first-order chi connectivity index (χ1) is 16.6. The molecule has 0 aliphatic heterocycles. The highest BCUT2D eigenvalue weighted by atomic mass is 19.4. The molecule has 10 heteroatoms. The molecule has 35 heavy (non-hydrogen) atoms. The minimum atomic E-state index is -5.19. The number of pyridine rings is 2. The number of halogens is 3. The zero-order valence-electron chi connectivity index (χ0n) is 18.9. The first-order valence-electron chi connectivity index (χ1n) is 11.7. The molecule has 3 N–H and O–H groups in total. The summed E-state index contributed by atoms with van der Waals surface area (Å²) in [6.07, 6.45) is 8.22. The molecule has 7 rings (SSSR count). The van der Waals surface area contributed by atoms with Crippen LogP contribution in [0.1, 0.15) is 49.1 Å². The van der Waals surface area contributed by atoms with Gasteiger partial charge >= 0.3 is 17.9 Å². The Balaban J connectivity index is 0.000000320. The molecule has 3 aromatic heterocycles. The van der Waals surface area contributed by atoms with Crippen molar-refractivity contribution in [2.45, 2.75) is 50.2 Å². The molecule has 1 amide bonds. The van der Waals surface area contributed by atoms with Gasteiger partial charge in [-0.3, -0.25) is 4.79 Å². The molecular formula is C25H26F3N4O3+. The van der Waals surface area contributed by atoms with Crippen LogP contribution in [0.2, 0.25) is 0 Å². The van der Waals surface area contributed by atoms with E-state index in [9.17, 15) is 18.0 Å². The minimum absolute atomic E-state index is 0.0144. The third-order valence-electron chi connectivity index (χ3n) is 7.47. The van der Waals surface area contributed by atoms with E-state index in [-0.39, 0.29) is 11.4 Å². The number of carboxylic acids is 1. The number of H-pyrrole nitrogens is 2. The van der Waals surface area contributed by atoms with E-state index in [1.165, 1.54) is 19.3 Å². The maximum absolute atomic E-state index is 13.4. The number of hydrogen-bond acceptors (Lipinski definition) is 3. The van der Waals surface area contributed by atoms with Gasteiger partial charge in [-0.1, -0.05) is 6.07 Å². The maximum atomic E-state index is 13.4. The monoisotopic (exact) mass is 487 g/mol. The molecule has 4 fully saturated rings. The molecule has 3 heterocycles. The van der Waals surface area contributed by atoms with Gasteiger partial charge in [-0.2, -0.15) is 17.6 Å². The molecule has 0 atom stereocenters. The van der Waals surface area contributed by atoms with Gasteiger partial charge in [0.15, 0.2) is 23.6 Å². The Kier molecular flexibility index (Phi) is 5.77. The highest BCUT2D eigenvalue weighted by molar-refractivity contribution is 5.92. The lowest BCUT2D eigenvalue weighted by Gasteiger charge is -2.56. The lowest BCUT2D eigenvalue weighted by atomic mass is 9.53. The predicted molar refractivity (Wildman–Crippen MR) is 115 cm³/mol. The molecule has 0 unspecified atom stereocenters. The molecule has 4 bridgehead atoms. The lowest BCUT2D eigenvalue weighted by molar-refractivity contribution is -0.514. The summed E-state index contributed by atoms with van der Waals surface area (Å²) >= 11 is 0. The predicted octanol–water partition coefficient (Wildman–Crippen LogP) is 2.23. The van der Waals surface area contributed by atoms with Crippen LogP contribution in [0, 0.1) is 17.8 Å². The fraction of sp³-hybridized carbons (Fsp3) is 0.440. The van der Waals surface area contributed by atoms with Crippen molar-refractivity contribution in [2.24, 2.45) is 17.8 Å². The molecule has 0 spiro atoms. The average molecular weight is 488 g/mol. The molecule has 4 saturated carbocycles. The Labute approximate surface area is 199 Å². The molecule has 4 aliphatic rings. The van der Waals surface area contributed by atoms with Crippen molar-refractivity contribution in [2.75, 3.05) is 0 Å². The van der Waals surface area contributed by atoms with Gasteiger partial charge in [0.1, 0.15) is 5.97 Å². The summed E-state index contributed by atoms with van der Waals surface area (Å²) in [4.78, 5) is 28.7. The molecule has 0 saturated heterocycles. The number of alkyl halides is 3. The van der Waals surface area contributed by atoms with Gasteiger partial charge < -0.3 is 15.2 Å². The Morgan fingerprint density at radius 1 is 1.03 bits per heavy atom. The second-order valence-corrected chi connectivity index (χ2v) is 10.0. The molecule has 4 aliphatic carbocycles. The van der Waals surface area contributed by atoms with Crippen LogP contribution in [-0.2, 0) is 4.79 Å². The first kappa shape index (κ1) is 23.3. The van der Waals surface area contributed by atoms with Crippen molar-refractivity contribution in [3.63, 3.8) is 0 Å². The van der Waals surface area contributed by atoms with Crippen LogP contribution >= 0.6 is 0 Å².